The number of aromatic carboxylic acids is 1. The summed E-state index contributed by atoms with van der Waals surface area (Å²) in [6.45, 7) is 0.238. The lowest BCUT2D eigenvalue weighted by molar-refractivity contribution is -0.122. The van der Waals surface area contributed by atoms with Gasteiger partial charge in [-0.05, 0) is 88.3 Å². The molecule has 1 saturated heterocycles. The van der Waals surface area contributed by atoms with Crippen LogP contribution in [-0.2, 0) is 16.2 Å². The molecular weight excluding hydrogens is 631 g/mol. The Morgan fingerprint density at radius 1 is 1.03 bits per heavy atom. The van der Waals surface area contributed by atoms with Crippen LogP contribution in [0.15, 0.2) is 76.8 Å². The molecule has 4 amide bonds. The van der Waals surface area contributed by atoms with E-state index in [4.69, 9.17) is 9.84 Å². The third-order valence-corrected chi connectivity index (χ3v) is 6.42. The van der Waals surface area contributed by atoms with Gasteiger partial charge in [0.15, 0.2) is 0 Å². The first-order valence-corrected chi connectivity index (χ1v) is 12.0. The normalized spacial score (nSPS) is 14.7. The first-order chi connectivity index (χ1) is 16.7. The first-order valence-electron chi connectivity index (χ1n) is 10.1. The highest BCUT2D eigenvalue weighted by molar-refractivity contribution is 14.1. The molecule has 0 bridgehead atoms. The summed E-state index contributed by atoms with van der Waals surface area (Å²) in [6.07, 6.45) is 1.42. The van der Waals surface area contributed by atoms with Crippen molar-refractivity contribution in [2.75, 3.05) is 4.90 Å². The molecule has 35 heavy (non-hydrogen) atoms. The monoisotopic (exact) mass is 646 g/mol. The van der Waals surface area contributed by atoms with Crippen molar-refractivity contribution in [3.63, 3.8) is 0 Å². The Labute approximate surface area is 221 Å². The fourth-order valence-corrected chi connectivity index (χ4v) is 4.24. The molecule has 0 unspecified atom stereocenters. The van der Waals surface area contributed by atoms with Gasteiger partial charge in [-0.1, -0.05) is 34.1 Å². The summed E-state index contributed by atoms with van der Waals surface area (Å²) >= 11 is 5.39. The van der Waals surface area contributed by atoms with Crippen LogP contribution in [0.25, 0.3) is 6.08 Å². The molecule has 10 heteroatoms. The fraction of sp³-hybridized carbons (Fsp3) is 0.0400. The Kier molecular flexibility index (Phi) is 7.31. The van der Waals surface area contributed by atoms with Gasteiger partial charge in [-0.25, -0.2) is 14.5 Å². The Hall–Kier alpha value is -3.51. The van der Waals surface area contributed by atoms with Crippen molar-refractivity contribution in [1.29, 1.82) is 0 Å². The minimum atomic E-state index is -0.994. The molecule has 176 valence electrons. The number of urea groups is 1. The number of nitrogens with zero attached hydrogens (tertiary/aromatic N) is 1. The van der Waals surface area contributed by atoms with Gasteiger partial charge in [0, 0.05) is 4.47 Å². The lowest BCUT2D eigenvalue weighted by Gasteiger charge is -2.26. The Balaban J connectivity index is 1.52. The average molecular weight is 647 g/mol. The average Bonchev–Trinajstić information content (AvgIpc) is 2.82. The number of carboxylic acid groups (broad SMARTS) is 1. The van der Waals surface area contributed by atoms with Crippen molar-refractivity contribution in [3.8, 4) is 5.75 Å². The van der Waals surface area contributed by atoms with Crippen LogP contribution in [0.1, 0.15) is 21.5 Å². The topological polar surface area (TPSA) is 113 Å². The molecule has 1 aliphatic rings. The quantitative estimate of drug-likeness (QED) is 0.222. The first kappa shape index (κ1) is 24.6. The maximum atomic E-state index is 13.0. The lowest BCUT2D eigenvalue weighted by Crippen LogP contribution is -2.54. The van der Waals surface area contributed by atoms with Crippen molar-refractivity contribution in [1.82, 2.24) is 5.32 Å². The molecule has 1 fully saturated rings. The minimum absolute atomic E-state index is 0.171. The zero-order valence-electron chi connectivity index (χ0n) is 17.8. The summed E-state index contributed by atoms with van der Waals surface area (Å²) in [4.78, 5) is 49.6. The number of halogens is 2. The van der Waals surface area contributed by atoms with Crippen LogP contribution in [0.2, 0.25) is 0 Å². The number of carbonyl (C=O) groups is 4. The Morgan fingerprint density at radius 3 is 2.34 bits per heavy atom. The molecule has 2 N–H and O–H groups in total. The van der Waals surface area contributed by atoms with Gasteiger partial charge < -0.3 is 9.84 Å². The van der Waals surface area contributed by atoms with E-state index in [0.717, 1.165) is 18.5 Å². The minimum Gasteiger partial charge on any atom is -0.488 e. The number of anilines is 1. The van der Waals surface area contributed by atoms with Crippen molar-refractivity contribution >= 4 is 74.1 Å². The van der Waals surface area contributed by atoms with Crippen LogP contribution in [0.4, 0.5) is 10.5 Å². The second-order valence-electron chi connectivity index (χ2n) is 7.41. The third kappa shape index (κ3) is 5.60. The van der Waals surface area contributed by atoms with Crippen LogP contribution in [0.3, 0.4) is 0 Å². The van der Waals surface area contributed by atoms with Gasteiger partial charge in [0.25, 0.3) is 11.8 Å². The van der Waals surface area contributed by atoms with E-state index >= 15 is 0 Å². The van der Waals surface area contributed by atoms with Crippen molar-refractivity contribution in [2.45, 2.75) is 6.61 Å². The molecular formula is C25H16BrIN2O6. The van der Waals surface area contributed by atoms with Crippen LogP contribution in [0.5, 0.6) is 5.75 Å². The summed E-state index contributed by atoms with van der Waals surface area (Å²) in [7, 11) is 0. The van der Waals surface area contributed by atoms with Crippen molar-refractivity contribution in [2.24, 2.45) is 0 Å². The highest BCUT2D eigenvalue weighted by atomic mass is 127. The molecule has 0 aromatic heterocycles. The van der Waals surface area contributed by atoms with Crippen molar-refractivity contribution < 1.29 is 29.0 Å². The molecule has 8 nitrogen and oxygen atoms in total. The number of hydrogen-bond donors (Lipinski definition) is 2. The highest BCUT2D eigenvalue weighted by Crippen LogP contribution is 2.27. The van der Waals surface area contributed by atoms with Crippen molar-refractivity contribution in [3.05, 3.63) is 97.0 Å². The number of carboxylic acids is 1. The molecule has 0 spiro atoms. The SMILES string of the molecule is O=C1NC(=O)N(c2ccc(Br)cc2)C(=O)/C1=C/c1ccc(OCc2ccc(C(=O)O)cc2)c(I)c1. The van der Waals surface area contributed by atoms with E-state index < -0.39 is 23.8 Å². The van der Waals surface area contributed by atoms with Gasteiger partial charge >= 0.3 is 12.0 Å². The number of nitrogens with one attached hydrogen (secondary N) is 1. The van der Waals surface area contributed by atoms with E-state index in [-0.39, 0.29) is 17.7 Å². The highest BCUT2D eigenvalue weighted by Gasteiger charge is 2.36. The molecule has 0 saturated carbocycles. The molecule has 0 aliphatic carbocycles. The van der Waals surface area contributed by atoms with Gasteiger partial charge in [0.2, 0.25) is 0 Å². The molecule has 3 aromatic carbocycles. The lowest BCUT2D eigenvalue weighted by atomic mass is 10.1. The zero-order chi connectivity index (χ0) is 25.1. The van der Waals surface area contributed by atoms with E-state index in [1.165, 1.54) is 18.2 Å². The van der Waals surface area contributed by atoms with Gasteiger partial charge in [-0.2, -0.15) is 0 Å². The van der Waals surface area contributed by atoms with E-state index in [0.29, 0.717) is 17.0 Å². The van der Waals surface area contributed by atoms with Crippen LogP contribution in [0, 0.1) is 3.57 Å². The predicted octanol–water partition coefficient (Wildman–Crippen LogP) is 5.00. The van der Waals surface area contributed by atoms with E-state index in [9.17, 15) is 19.2 Å². The summed E-state index contributed by atoms with van der Waals surface area (Å²) in [6, 6.07) is 17.3. The maximum absolute atomic E-state index is 13.0. The number of rotatable bonds is 6. The molecule has 3 aromatic rings. The van der Waals surface area contributed by atoms with Gasteiger partial charge in [0.05, 0.1) is 14.8 Å². The number of amides is 4. The second kappa shape index (κ2) is 10.4. The number of hydrogen-bond acceptors (Lipinski definition) is 5. The summed E-state index contributed by atoms with van der Waals surface area (Å²) in [5, 5.41) is 11.2. The van der Waals surface area contributed by atoms with Crippen LogP contribution in [-0.4, -0.2) is 28.9 Å². The molecule has 0 radical (unpaired) electrons. The molecule has 1 heterocycles. The van der Waals surface area contributed by atoms with Crippen LogP contribution < -0.4 is 15.0 Å². The predicted molar refractivity (Wildman–Crippen MR) is 140 cm³/mol. The Morgan fingerprint density at radius 2 is 1.71 bits per heavy atom. The smallest absolute Gasteiger partial charge is 0.335 e. The number of ether oxygens (including phenoxy) is 1. The summed E-state index contributed by atoms with van der Waals surface area (Å²) in [5.74, 6) is -1.90. The largest absolute Gasteiger partial charge is 0.488 e. The third-order valence-electron chi connectivity index (χ3n) is 5.05. The molecule has 4 rings (SSSR count). The van der Waals surface area contributed by atoms with E-state index in [2.05, 4.69) is 43.8 Å². The van der Waals surface area contributed by atoms with E-state index in [1.54, 1.807) is 54.6 Å². The van der Waals surface area contributed by atoms with E-state index in [1.807, 2.05) is 0 Å². The van der Waals surface area contributed by atoms with Gasteiger partial charge in [-0.3, -0.25) is 14.9 Å². The standard InChI is InChI=1S/C25H16BrIN2O6/c26-17-6-8-18(9-7-17)29-23(31)19(22(30)28-25(29)34)11-15-3-10-21(20(27)12-15)35-13-14-1-4-16(5-2-14)24(32)33/h1-12H,13H2,(H,32,33)(H,28,30,34)/b19-11+. The number of imide groups is 2. The number of carbonyl (C=O) groups excluding carboxylic acids is 3. The summed E-state index contributed by atoms with van der Waals surface area (Å²) in [5.41, 5.74) is 1.75. The van der Waals surface area contributed by atoms with Gasteiger partial charge in [-0.15, -0.1) is 0 Å². The maximum Gasteiger partial charge on any atom is 0.335 e. The number of barbiturate groups is 1. The van der Waals surface area contributed by atoms with Gasteiger partial charge in [0.1, 0.15) is 17.9 Å². The van der Waals surface area contributed by atoms with Crippen LogP contribution >= 0.6 is 38.5 Å². The summed E-state index contributed by atoms with van der Waals surface area (Å²) < 4.78 is 7.35. The Bertz CT molecular complexity index is 1370. The molecule has 0 atom stereocenters. The molecule has 1 aliphatic heterocycles. The fourth-order valence-electron chi connectivity index (χ4n) is 3.28. The zero-order valence-corrected chi connectivity index (χ0v) is 21.6. The second-order valence-corrected chi connectivity index (χ2v) is 9.49. The number of benzene rings is 3.